The second-order valence-corrected chi connectivity index (χ2v) is 6.91. The molecule has 20 heavy (non-hydrogen) atoms. The van der Waals surface area contributed by atoms with Crippen molar-refractivity contribution in [3.8, 4) is 11.8 Å². The number of benzene rings is 1. The molecule has 1 heterocycles. The number of nitriles is 1. The maximum Gasteiger partial charge on any atom is 0.140 e. The molecular formula is C15H15ClN2OS. The van der Waals surface area contributed by atoms with E-state index in [1.165, 1.54) is 11.3 Å². The third-order valence-electron chi connectivity index (χ3n) is 2.66. The average Bonchev–Trinajstić information content (AvgIpc) is 2.81. The average molecular weight is 307 g/mol. The highest BCUT2D eigenvalue weighted by Crippen LogP contribution is 2.29. The van der Waals surface area contributed by atoms with Gasteiger partial charge in [0, 0.05) is 10.4 Å². The molecule has 0 aliphatic heterocycles. The molecule has 0 unspecified atom stereocenters. The van der Waals surface area contributed by atoms with Gasteiger partial charge in [-0.2, -0.15) is 5.26 Å². The summed E-state index contributed by atoms with van der Waals surface area (Å²) in [6.07, 6.45) is 0. The normalized spacial score (nSPS) is 11.2. The molecule has 0 atom stereocenters. The van der Waals surface area contributed by atoms with Gasteiger partial charge in [0.2, 0.25) is 0 Å². The van der Waals surface area contributed by atoms with E-state index in [1.54, 1.807) is 12.1 Å². The van der Waals surface area contributed by atoms with Gasteiger partial charge >= 0.3 is 0 Å². The fraction of sp³-hybridized carbons (Fsp3) is 0.333. The van der Waals surface area contributed by atoms with Crippen LogP contribution in [-0.4, -0.2) is 4.98 Å². The van der Waals surface area contributed by atoms with E-state index in [9.17, 15) is 5.26 Å². The Labute approximate surface area is 127 Å². The number of ether oxygens (including phenoxy) is 1. The zero-order chi connectivity index (χ0) is 14.8. The molecule has 2 aromatic rings. The lowest BCUT2D eigenvalue weighted by molar-refractivity contribution is 0.305. The Morgan fingerprint density at radius 1 is 1.30 bits per heavy atom. The summed E-state index contributed by atoms with van der Waals surface area (Å²) in [6.45, 7) is 6.50. The molecule has 104 valence electrons. The number of rotatable bonds is 3. The third kappa shape index (κ3) is 3.50. The van der Waals surface area contributed by atoms with Crippen molar-refractivity contribution in [2.75, 3.05) is 0 Å². The largest absolute Gasteiger partial charge is 0.486 e. The fourth-order valence-corrected chi connectivity index (χ4v) is 2.80. The molecule has 0 amide bonds. The monoisotopic (exact) mass is 306 g/mol. The van der Waals surface area contributed by atoms with Crippen LogP contribution in [0.3, 0.4) is 0 Å². The van der Waals surface area contributed by atoms with Crippen LogP contribution < -0.4 is 4.74 Å². The standard InChI is InChI=1S/C15H15ClN2OS/c1-15(2,3)14-12(8-17)20-13(18-14)9-19-11-6-4-10(16)5-7-11/h4-7H,9H2,1-3H3. The fourth-order valence-electron chi connectivity index (χ4n) is 1.69. The Morgan fingerprint density at radius 2 is 1.95 bits per heavy atom. The van der Waals surface area contributed by atoms with Crippen LogP contribution in [0.2, 0.25) is 5.02 Å². The molecule has 1 aromatic heterocycles. The van der Waals surface area contributed by atoms with E-state index in [4.69, 9.17) is 16.3 Å². The van der Waals surface area contributed by atoms with Gasteiger partial charge in [-0.3, -0.25) is 0 Å². The van der Waals surface area contributed by atoms with Crippen LogP contribution >= 0.6 is 22.9 Å². The molecule has 5 heteroatoms. The number of hydrogen-bond donors (Lipinski definition) is 0. The zero-order valence-electron chi connectivity index (χ0n) is 11.6. The van der Waals surface area contributed by atoms with Crippen molar-refractivity contribution in [2.45, 2.75) is 32.8 Å². The topological polar surface area (TPSA) is 45.9 Å². The van der Waals surface area contributed by atoms with Crippen LogP contribution in [0.5, 0.6) is 5.75 Å². The zero-order valence-corrected chi connectivity index (χ0v) is 13.2. The van der Waals surface area contributed by atoms with Gasteiger partial charge < -0.3 is 4.74 Å². The number of nitrogens with zero attached hydrogens (tertiary/aromatic N) is 2. The predicted octanol–water partition coefficient (Wildman–Crippen LogP) is 4.54. The molecule has 0 radical (unpaired) electrons. The Bertz CT molecular complexity index is 635. The summed E-state index contributed by atoms with van der Waals surface area (Å²) in [5.41, 5.74) is 0.694. The van der Waals surface area contributed by atoms with Gasteiger partial charge in [-0.1, -0.05) is 32.4 Å². The van der Waals surface area contributed by atoms with E-state index in [-0.39, 0.29) is 5.41 Å². The number of thiazole rings is 1. The summed E-state index contributed by atoms with van der Waals surface area (Å²) in [7, 11) is 0. The van der Waals surface area contributed by atoms with E-state index in [1.807, 2.05) is 32.9 Å². The highest BCUT2D eigenvalue weighted by molar-refractivity contribution is 7.12. The van der Waals surface area contributed by atoms with Gasteiger partial charge in [0.05, 0.1) is 5.69 Å². The quantitative estimate of drug-likeness (QED) is 0.836. The molecule has 0 fully saturated rings. The molecule has 1 aromatic carbocycles. The van der Waals surface area contributed by atoms with Gasteiger partial charge in [0.15, 0.2) is 0 Å². The Hall–Kier alpha value is -1.57. The molecule has 0 aliphatic carbocycles. The maximum atomic E-state index is 9.18. The van der Waals surface area contributed by atoms with Crippen molar-refractivity contribution in [1.29, 1.82) is 5.26 Å². The van der Waals surface area contributed by atoms with E-state index in [0.717, 1.165) is 16.5 Å². The van der Waals surface area contributed by atoms with Crippen molar-refractivity contribution >= 4 is 22.9 Å². The van der Waals surface area contributed by atoms with Crippen LogP contribution in [0, 0.1) is 11.3 Å². The SMILES string of the molecule is CC(C)(C)c1nc(COc2ccc(Cl)cc2)sc1C#N. The van der Waals surface area contributed by atoms with Crippen molar-refractivity contribution in [3.63, 3.8) is 0 Å². The van der Waals surface area contributed by atoms with E-state index in [0.29, 0.717) is 16.5 Å². The summed E-state index contributed by atoms with van der Waals surface area (Å²) >= 11 is 7.21. The van der Waals surface area contributed by atoms with Crippen molar-refractivity contribution in [2.24, 2.45) is 0 Å². The minimum atomic E-state index is -0.139. The van der Waals surface area contributed by atoms with Crippen molar-refractivity contribution in [1.82, 2.24) is 4.98 Å². The third-order valence-corrected chi connectivity index (χ3v) is 3.84. The lowest BCUT2D eigenvalue weighted by atomic mass is 9.91. The number of aromatic nitrogens is 1. The smallest absolute Gasteiger partial charge is 0.140 e. The molecule has 3 nitrogen and oxygen atoms in total. The van der Waals surface area contributed by atoms with Crippen LogP contribution in [0.1, 0.15) is 36.3 Å². The molecule has 0 N–H and O–H groups in total. The second kappa shape index (κ2) is 5.82. The molecule has 0 saturated carbocycles. The Balaban J connectivity index is 2.13. The van der Waals surface area contributed by atoms with E-state index >= 15 is 0 Å². The minimum absolute atomic E-state index is 0.139. The van der Waals surface area contributed by atoms with Crippen LogP contribution in [0.15, 0.2) is 24.3 Å². The van der Waals surface area contributed by atoms with Crippen molar-refractivity contribution in [3.05, 3.63) is 44.9 Å². The molecule has 0 aliphatic rings. The Kier molecular flexibility index (Phi) is 4.32. The maximum absolute atomic E-state index is 9.18. The molecule has 0 spiro atoms. The van der Waals surface area contributed by atoms with Gasteiger partial charge in [-0.05, 0) is 24.3 Å². The first-order chi connectivity index (χ1) is 9.40. The van der Waals surface area contributed by atoms with Crippen LogP contribution in [0.25, 0.3) is 0 Å². The summed E-state index contributed by atoms with van der Waals surface area (Å²) in [6, 6.07) is 9.39. The lowest BCUT2D eigenvalue weighted by Gasteiger charge is -2.15. The van der Waals surface area contributed by atoms with Gasteiger partial charge in [0.1, 0.15) is 28.3 Å². The summed E-state index contributed by atoms with van der Waals surface area (Å²) in [4.78, 5) is 5.19. The van der Waals surface area contributed by atoms with Gasteiger partial charge in [-0.25, -0.2) is 4.98 Å². The van der Waals surface area contributed by atoms with Crippen molar-refractivity contribution < 1.29 is 4.74 Å². The molecule has 2 rings (SSSR count). The number of halogens is 1. The number of hydrogen-bond acceptors (Lipinski definition) is 4. The molecule has 0 bridgehead atoms. The first kappa shape index (κ1) is 14.8. The molecule has 0 saturated heterocycles. The van der Waals surface area contributed by atoms with Gasteiger partial charge in [0.25, 0.3) is 0 Å². The summed E-state index contributed by atoms with van der Waals surface area (Å²) < 4.78 is 5.65. The van der Waals surface area contributed by atoms with Gasteiger partial charge in [-0.15, -0.1) is 11.3 Å². The highest BCUT2D eigenvalue weighted by Gasteiger charge is 2.23. The summed E-state index contributed by atoms with van der Waals surface area (Å²) in [5, 5.41) is 10.7. The van der Waals surface area contributed by atoms with Crippen LogP contribution in [-0.2, 0) is 12.0 Å². The highest BCUT2D eigenvalue weighted by atomic mass is 35.5. The first-order valence-electron chi connectivity index (χ1n) is 6.19. The second-order valence-electron chi connectivity index (χ2n) is 5.39. The summed E-state index contributed by atoms with van der Waals surface area (Å²) in [5.74, 6) is 0.736. The Morgan fingerprint density at radius 3 is 2.45 bits per heavy atom. The van der Waals surface area contributed by atoms with Crippen LogP contribution in [0.4, 0.5) is 0 Å². The van der Waals surface area contributed by atoms with E-state index < -0.39 is 0 Å². The lowest BCUT2D eigenvalue weighted by Crippen LogP contribution is -2.13. The predicted molar refractivity (Wildman–Crippen MR) is 81.3 cm³/mol. The van der Waals surface area contributed by atoms with E-state index in [2.05, 4.69) is 11.1 Å². The minimum Gasteiger partial charge on any atom is -0.486 e. The first-order valence-corrected chi connectivity index (χ1v) is 7.38. The molecular weight excluding hydrogens is 292 g/mol.